The standard InChI is InChI=1S/C24H24FN5O2.C2HF3O2/c1-29-7-9-30(10-8-29)17-5-6-20-21(12-17)28-23(27-20)19-11-16(13-26-24(19)32)18-4-2-3-15(14-31)22(18)25;3-2(4,5)1(6)7/h2-6,11-13,31H,7-10,14H2,1H3,(H,26,32)(H,27,28);(H,6,7). The van der Waals surface area contributed by atoms with Crippen molar-refractivity contribution >= 4 is 22.7 Å². The van der Waals surface area contributed by atoms with Crippen molar-refractivity contribution in [3.05, 3.63) is 70.4 Å². The van der Waals surface area contributed by atoms with Gasteiger partial charge < -0.3 is 30.0 Å². The maximum absolute atomic E-state index is 14.7. The molecule has 3 heterocycles. The smallest absolute Gasteiger partial charge is 0.475 e. The fraction of sp³-hybridized carbons (Fsp3) is 0.269. The number of aliphatic hydroxyl groups is 1. The van der Waals surface area contributed by atoms with E-state index in [1.54, 1.807) is 18.2 Å². The molecule has 206 valence electrons. The number of carbonyl (C=O) groups is 1. The number of rotatable bonds is 4. The topological polar surface area (TPSA) is 126 Å². The Hall–Kier alpha value is -4.23. The fourth-order valence-electron chi connectivity index (χ4n) is 4.13. The Morgan fingerprint density at radius 2 is 1.77 bits per heavy atom. The van der Waals surface area contributed by atoms with Gasteiger partial charge in [0.1, 0.15) is 11.6 Å². The summed E-state index contributed by atoms with van der Waals surface area (Å²) in [5.41, 5.74) is 3.75. The van der Waals surface area contributed by atoms with Crippen LogP contribution in [-0.2, 0) is 11.4 Å². The van der Waals surface area contributed by atoms with E-state index in [1.165, 1.54) is 12.3 Å². The summed E-state index contributed by atoms with van der Waals surface area (Å²) in [4.78, 5) is 36.6. The predicted molar refractivity (Wildman–Crippen MR) is 137 cm³/mol. The second-order valence-corrected chi connectivity index (χ2v) is 8.95. The van der Waals surface area contributed by atoms with Gasteiger partial charge in [-0.25, -0.2) is 14.2 Å². The highest BCUT2D eigenvalue weighted by Gasteiger charge is 2.38. The highest BCUT2D eigenvalue weighted by atomic mass is 19.4. The van der Waals surface area contributed by atoms with Gasteiger partial charge in [-0.3, -0.25) is 4.79 Å². The van der Waals surface area contributed by atoms with E-state index >= 15 is 0 Å². The minimum absolute atomic E-state index is 0.204. The number of imidazole rings is 1. The second kappa shape index (κ2) is 11.3. The number of halogens is 4. The van der Waals surface area contributed by atoms with Crippen molar-refractivity contribution in [1.29, 1.82) is 0 Å². The van der Waals surface area contributed by atoms with Crippen LogP contribution in [0.5, 0.6) is 0 Å². The molecule has 13 heteroatoms. The van der Waals surface area contributed by atoms with E-state index in [-0.39, 0.29) is 11.1 Å². The van der Waals surface area contributed by atoms with Crippen molar-refractivity contribution in [2.75, 3.05) is 38.1 Å². The van der Waals surface area contributed by atoms with E-state index in [9.17, 15) is 27.5 Å². The molecule has 39 heavy (non-hydrogen) atoms. The highest BCUT2D eigenvalue weighted by Crippen LogP contribution is 2.28. The van der Waals surface area contributed by atoms with Crippen LogP contribution >= 0.6 is 0 Å². The Labute approximate surface area is 219 Å². The number of anilines is 1. The molecule has 0 saturated carbocycles. The SMILES string of the molecule is CN1CCN(c2ccc3nc(-c4cc(-c5cccc(CO)c5F)c[nH]c4=O)[nH]c3c2)CC1.O=C(O)C(F)(F)F. The number of aliphatic carboxylic acids is 1. The molecule has 0 amide bonds. The number of alkyl halides is 3. The number of pyridine rings is 1. The number of carboxylic acids is 1. The van der Waals surface area contributed by atoms with Crippen LogP contribution in [0.1, 0.15) is 5.56 Å². The average Bonchev–Trinajstić information content (AvgIpc) is 3.33. The summed E-state index contributed by atoms with van der Waals surface area (Å²) in [6.07, 6.45) is -3.61. The van der Waals surface area contributed by atoms with Gasteiger partial charge in [0, 0.05) is 54.8 Å². The normalized spacial score (nSPS) is 14.3. The highest BCUT2D eigenvalue weighted by molar-refractivity contribution is 5.83. The minimum Gasteiger partial charge on any atom is -0.475 e. The van der Waals surface area contributed by atoms with Gasteiger partial charge in [-0.15, -0.1) is 0 Å². The summed E-state index contributed by atoms with van der Waals surface area (Å²) in [5.74, 6) is -2.83. The Balaban J connectivity index is 0.000000448. The molecule has 1 aliphatic heterocycles. The molecule has 1 aliphatic rings. The minimum atomic E-state index is -5.08. The number of aromatic nitrogens is 3. The number of hydrogen-bond acceptors (Lipinski definition) is 6. The van der Waals surface area contributed by atoms with E-state index in [2.05, 4.69) is 43.9 Å². The number of likely N-dealkylation sites (N-methyl/N-ethyl adjacent to an activating group) is 1. The summed E-state index contributed by atoms with van der Waals surface area (Å²) in [6, 6.07) is 12.5. The zero-order valence-corrected chi connectivity index (χ0v) is 20.7. The van der Waals surface area contributed by atoms with Crippen LogP contribution in [0.25, 0.3) is 33.5 Å². The van der Waals surface area contributed by atoms with Crippen LogP contribution in [0.15, 0.2) is 53.5 Å². The number of piperazine rings is 1. The van der Waals surface area contributed by atoms with Crippen LogP contribution in [0, 0.1) is 5.82 Å². The van der Waals surface area contributed by atoms with Gasteiger partial charge in [0.05, 0.1) is 23.2 Å². The molecule has 4 aromatic rings. The number of carboxylic acid groups (broad SMARTS) is 1. The van der Waals surface area contributed by atoms with Gasteiger partial charge in [0.2, 0.25) is 0 Å². The van der Waals surface area contributed by atoms with Crippen LogP contribution in [0.3, 0.4) is 0 Å². The molecule has 0 spiro atoms. The quantitative estimate of drug-likeness (QED) is 0.288. The lowest BCUT2D eigenvalue weighted by atomic mass is 10.0. The molecule has 0 bridgehead atoms. The van der Waals surface area contributed by atoms with Crippen molar-refractivity contribution in [3.63, 3.8) is 0 Å². The number of nitrogens with zero attached hydrogens (tertiary/aromatic N) is 3. The van der Waals surface area contributed by atoms with Crippen molar-refractivity contribution in [1.82, 2.24) is 19.9 Å². The number of aliphatic hydroxyl groups excluding tert-OH is 1. The van der Waals surface area contributed by atoms with Gasteiger partial charge >= 0.3 is 12.1 Å². The molecule has 2 aromatic carbocycles. The third-order valence-corrected chi connectivity index (χ3v) is 6.29. The first-order valence-corrected chi connectivity index (χ1v) is 11.8. The van der Waals surface area contributed by atoms with Crippen LogP contribution in [-0.4, -0.2) is 75.4 Å². The first-order valence-electron chi connectivity index (χ1n) is 11.8. The molecule has 1 saturated heterocycles. The molecule has 5 rings (SSSR count). The first kappa shape index (κ1) is 27.8. The van der Waals surface area contributed by atoms with E-state index in [1.807, 2.05) is 6.07 Å². The van der Waals surface area contributed by atoms with Gasteiger partial charge in [-0.05, 0) is 31.3 Å². The fourth-order valence-corrected chi connectivity index (χ4v) is 4.13. The van der Waals surface area contributed by atoms with Crippen molar-refractivity contribution < 1.29 is 32.6 Å². The van der Waals surface area contributed by atoms with Crippen molar-refractivity contribution in [2.24, 2.45) is 0 Å². The zero-order chi connectivity index (χ0) is 28.3. The molecule has 2 aromatic heterocycles. The van der Waals surface area contributed by atoms with Crippen LogP contribution < -0.4 is 10.5 Å². The summed E-state index contributed by atoms with van der Waals surface area (Å²) >= 11 is 0. The predicted octanol–water partition coefficient (Wildman–Crippen LogP) is 3.60. The molecule has 4 N–H and O–H groups in total. The number of benzene rings is 2. The average molecular weight is 548 g/mol. The molecule has 0 atom stereocenters. The Kier molecular flexibility index (Phi) is 8.02. The van der Waals surface area contributed by atoms with E-state index in [0.29, 0.717) is 22.5 Å². The Morgan fingerprint density at radius 3 is 2.41 bits per heavy atom. The van der Waals surface area contributed by atoms with Gasteiger partial charge in [0.25, 0.3) is 5.56 Å². The third-order valence-electron chi connectivity index (χ3n) is 6.29. The lowest BCUT2D eigenvalue weighted by Crippen LogP contribution is -2.44. The second-order valence-electron chi connectivity index (χ2n) is 8.95. The molecule has 0 unspecified atom stereocenters. The summed E-state index contributed by atoms with van der Waals surface area (Å²) in [6.45, 7) is 3.56. The van der Waals surface area contributed by atoms with Crippen LogP contribution in [0.2, 0.25) is 0 Å². The Bertz CT molecular complexity index is 1540. The molecule has 9 nitrogen and oxygen atoms in total. The third kappa shape index (κ3) is 6.26. The number of fused-ring (bicyclic) bond motifs is 1. The van der Waals surface area contributed by atoms with Crippen LogP contribution in [0.4, 0.5) is 23.2 Å². The van der Waals surface area contributed by atoms with Crippen molar-refractivity contribution in [3.8, 4) is 22.5 Å². The lowest BCUT2D eigenvalue weighted by Gasteiger charge is -2.34. The molecular formula is C26H25F4N5O4. The largest absolute Gasteiger partial charge is 0.490 e. The van der Waals surface area contributed by atoms with Gasteiger partial charge in [-0.2, -0.15) is 13.2 Å². The maximum Gasteiger partial charge on any atom is 0.490 e. The summed E-state index contributed by atoms with van der Waals surface area (Å²) in [5, 5.41) is 16.5. The van der Waals surface area contributed by atoms with E-state index in [4.69, 9.17) is 9.90 Å². The molecular weight excluding hydrogens is 522 g/mol. The number of nitrogens with one attached hydrogen (secondary N) is 2. The number of H-pyrrole nitrogens is 2. The maximum atomic E-state index is 14.7. The summed E-state index contributed by atoms with van der Waals surface area (Å²) in [7, 11) is 2.12. The Morgan fingerprint density at radius 1 is 1.08 bits per heavy atom. The molecule has 0 radical (unpaired) electrons. The summed E-state index contributed by atoms with van der Waals surface area (Å²) < 4.78 is 46.5. The number of aromatic amines is 2. The van der Waals surface area contributed by atoms with E-state index < -0.39 is 24.6 Å². The monoisotopic (exact) mass is 547 g/mol. The van der Waals surface area contributed by atoms with Crippen molar-refractivity contribution in [2.45, 2.75) is 12.8 Å². The zero-order valence-electron chi connectivity index (χ0n) is 20.7. The molecule has 1 fully saturated rings. The van der Waals surface area contributed by atoms with E-state index in [0.717, 1.165) is 42.9 Å². The lowest BCUT2D eigenvalue weighted by molar-refractivity contribution is -0.192. The first-order chi connectivity index (χ1) is 18.5. The number of hydrogen-bond donors (Lipinski definition) is 4. The van der Waals surface area contributed by atoms with Gasteiger partial charge in [0.15, 0.2) is 0 Å². The van der Waals surface area contributed by atoms with Gasteiger partial charge in [-0.1, -0.05) is 18.2 Å². The molecule has 0 aliphatic carbocycles.